The lowest BCUT2D eigenvalue weighted by Gasteiger charge is -2.72. The number of cyclic esters (lactones) is 1. The van der Waals surface area contributed by atoms with Gasteiger partial charge in [0.2, 0.25) is 0 Å². The van der Waals surface area contributed by atoms with E-state index in [1.54, 1.807) is 5.57 Å². The molecule has 0 bridgehead atoms. The minimum absolute atomic E-state index is 0.0440. The molecule has 7 aliphatic rings. The third-order valence-electron chi connectivity index (χ3n) is 17.4. The van der Waals surface area contributed by atoms with Crippen molar-refractivity contribution in [3.8, 4) is 0 Å². The van der Waals surface area contributed by atoms with Crippen LogP contribution in [-0.2, 0) is 19.4 Å². The second-order valence-electron chi connectivity index (χ2n) is 20.1. The van der Waals surface area contributed by atoms with E-state index in [4.69, 9.17) is 4.74 Å². The van der Waals surface area contributed by atoms with Crippen molar-refractivity contribution < 1.29 is 17.9 Å². The lowest BCUT2D eigenvalue weighted by molar-refractivity contribution is -0.221. The average Bonchev–Trinajstić information content (AvgIpc) is 3.44. The van der Waals surface area contributed by atoms with Crippen LogP contribution < -0.4 is 5.32 Å². The first-order valence-corrected chi connectivity index (χ1v) is 23.3. The lowest BCUT2D eigenvalue weighted by Crippen LogP contribution is -2.68. The largest absolute Gasteiger partial charge is 0.466 e. The van der Waals surface area contributed by atoms with Crippen LogP contribution in [0.5, 0.6) is 0 Å². The SMILES string of the molecule is C=C(C)[C@@H]1CC[C@]2(NCCN3CCS(=O)(=O)CC3)CC[C@]3(C)[C@H](CC[C@@H]4[C@@]5(C)CC=C(/C6=C/CCC(=O)OCCCCC6)C(C)(C)[C@@H]5CC[C@]43C)[C@@H]12. The third kappa shape index (κ3) is 6.54. The number of nitrogens with zero attached hydrogens (tertiary/aromatic N) is 1. The number of carbonyl (C=O) groups is 1. The number of hydrogen-bond donors (Lipinski definition) is 1. The summed E-state index contributed by atoms with van der Waals surface area (Å²) in [4.78, 5) is 14.7. The smallest absolute Gasteiger partial charge is 0.306 e. The van der Waals surface area contributed by atoms with Crippen molar-refractivity contribution in [2.75, 3.05) is 44.3 Å². The van der Waals surface area contributed by atoms with E-state index in [0.717, 1.165) is 38.8 Å². The minimum atomic E-state index is -2.85. The number of carbonyl (C=O) groups excluding carboxylic acids is 1. The molecule has 0 spiro atoms. The maximum Gasteiger partial charge on any atom is 0.306 e. The number of fused-ring (bicyclic) bond motifs is 7. The predicted octanol–water partition coefficient (Wildman–Crippen LogP) is 9.08. The number of sulfone groups is 1. The van der Waals surface area contributed by atoms with E-state index >= 15 is 0 Å². The van der Waals surface area contributed by atoms with Gasteiger partial charge in [0, 0.05) is 38.1 Å². The fourth-order valence-electron chi connectivity index (χ4n) is 14.6. The lowest BCUT2D eigenvalue weighted by atomic mass is 9.33. The maximum atomic E-state index is 12.3. The highest BCUT2D eigenvalue weighted by atomic mass is 32.2. The molecule has 2 heterocycles. The number of rotatable bonds is 6. The summed E-state index contributed by atoms with van der Waals surface area (Å²) in [5.41, 5.74) is 5.66. The molecule has 292 valence electrons. The summed E-state index contributed by atoms with van der Waals surface area (Å²) in [7, 11) is -2.85. The van der Waals surface area contributed by atoms with Gasteiger partial charge in [-0.3, -0.25) is 4.79 Å². The Balaban J connectivity index is 1.13. The molecule has 7 heteroatoms. The first-order valence-electron chi connectivity index (χ1n) is 21.5. The van der Waals surface area contributed by atoms with Crippen LogP contribution in [0, 0.1) is 51.2 Å². The molecule has 0 radical (unpaired) electrons. The summed E-state index contributed by atoms with van der Waals surface area (Å²) in [6.07, 6.45) is 22.3. The summed E-state index contributed by atoms with van der Waals surface area (Å²) in [6, 6.07) is 0. The van der Waals surface area contributed by atoms with Crippen molar-refractivity contribution in [1.29, 1.82) is 0 Å². The van der Waals surface area contributed by atoms with Gasteiger partial charge in [0.15, 0.2) is 9.84 Å². The normalized spacial score (nSPS) is 44.7. The van der Waals surface area contributed by atoms with E-state index < -0.39 is 9.84 Å². The molecule has 1 saturated heterocycles. The standard InChI is InChI=1S/C45H72N2O4S/c1-32(2)34-17-22-45(46-25-26-47-27-30-52(49,50)31-28-47)24-23-43(6)36(40(34)45)15-16-38-42(5)20-18-35(41(3,4)37(42)19-21-44(38,43)7)33-12-9-8-10-29-51-39(48)14-11-13-33/h13,18,34,36-38,40,46H,1,8-12,14-17,19-31H2,2-7H3/b33-13+/t34-,36+,37-,38+,40+,42-,43+,44+,45-/m0/s1. The van der Waals surface area contributed by atoms with Crippen molar-refractivity contribution in [3.05, 3.63) is 35.5 Å². The van der Waals surface area contributed by atoms with Gasteiger partial charge in [-0.1, -0.05) is 58.9 Å². The van der Waals surface area contributed by atoms with Crippen molar-refractivity contribution in [3.63, 3.8) is 0 Å². The van der Waals surface area contributed by atoms with E-state index in [1.807, 2.05) is 0 Å². The zero-order chi connectivity index (χ0) is 37.2. The number of nitrogens with one attached hydrogen (secondary N) is 1. The highest BCUT2D eigenvalue weighted by Gasteiger charge is 2.70. The van der Waals surface area contributed by atoms with E-state index in [-0.39, 0.29) is 22.3 Å². The highest BCUT2D eigenvalue weighted by molar-refractivity contribution is 7.91. The monoisotopic (exact) mass is 737 g/mol. The molecule has 5 fully saturated rings. The van der Waals surface area contributed by atoms with Gasteiger partial charge >= 0.3 is 5.97 Å². The minimum Gasteiger partial charge on any atom is -0.466 e. The Kier molecular flexibility index (Phi) is 10.6. The fraction of sp³-hybridized carbons (Fsp3) is 0.844. The quantitative estimate of drug-likeness (QED) is 0.217. The van der Waals surface area contributed by atoms with Gasteiger partial charge in [-0.2, -0.15) is 0 Å². The number of hydrogen-bond acceptors (Lipinski definition) is 6. The molecule has 1 N–H and O–H groups in total. The van der Waals surface area contributed by atoms with Crippen LogP contribution in [-0.4, -0.2) is 69.1 Å². The third-order valence-corrected chi connectivity index (χ3v) is 19.0. The Morgan fingerprint density at radius 1 is 0.904 bits per heavy atom. The van der Waals surface area contributed by atoms with Crippen molar-refractivity contribution in [2.24, 2.45) is 51.2 Å². The van der Waals surface area contributed by atoms with Crippen LogP contribution in [0.2, 0.25) is 0 Å². The molecule has 52 heavy (non-hydrogen) atoms. The van der Waals surface area contributed by atoms with Crippen molar-refractivity contribution in [2.45, 2.75) is 143 Å². The molecule has 2 aliphatic heterocycles. The van der Waals surface area contributed by atoms with Gasteiger partial charge in [-0.25, -0.2) is 8.42 Å². The van der Waals surface area contributed by atoms with Crippen LogP contribution in [0.1, 0.15) is 138 Å². The number of ether oxygens (including phenoxy) is 1. The van der Waals surface area contributed by atoms with E-state index in [0.29, 0.717) is 78.0 Å². The van der Waals surface area contributed by atoms with E-state index in [2.05, 4.69) is 70.5 Å². The second kappa shape index (κ2) is 14.3. The zero-order valence-electron chi connectivity index (χ0n) is 33.8. The molecule has 4 saturated carbocycles. The average molecular weight is 737 g/mol. The molecule has 0 aromatic carbocycles. The van der Waals surface area contributed by atoms with E-state index in [9.17, 15) is 13.2 Å². The summed E-state index contributed by atoms with van der Waals surface area (Å²) >= 11 is 0. The van der Waals surface area contributed by atoms with Gasteiger partial charge in [0.1, 0.15) is 0 Å². The highest BCUT2D eigenvalue weighted by Crippen LogP contribution is 2.76. The van der Waals surface area contributed by atoms with Crippen LogP contribution in [0.25, 0.3) is 0 Å². The molecule has 0 amide bonds. The van der Waals surface area contributed by atoms with E-state index in [1.165, 1.54) is 75.4 Å². The molecular formula is C45H72N2O4S. The van der Waals surface area contributed by atoms with Gasteiger partial charge in [-0.15, -0.1) is 0 Å². The van der Waals surface area contributed by atoms with Crippen molar-refractivity contribution >= 4 is 15.8 Å². The molecule has 0 aromatic rings. The number of esters is 1. The van der Waals surface area contributed by atoms with Gasteiger partial charge in [-0.05, 0) is 159 Å². The van der Waals surface area contributed by atoms with Gasteiger partial charge in [0.05, 0.1) is 18.1 Å². The Morgan fingerprint density at radius 2 is 1.67 bits per heavy atom. The van der Waals surface area contributed by atoms with Gasteiger partial charge in [0.25, 0.3) is 0 Å². The Bertz CT molecular complexity index is 1550. The Morgan fingerprint density at radius 3 is 2.42 bits per heavy atom. The summed E-state index contributed by atoms with van der Waals surface area (Å²) < 4.78 is 29.6. The molecule has 0 aromatic heterocycles. The van der Waals surface area contributed by atoms with Crippen LogP contribution in [0.3, 0.4) is 0 Å². The molecule has 5 aliphatic carbocycles. The first-order chi connectivity index (χ1) is 24.6. The number of allylic oxidation sites excluding steroid dienone is 5. The zero-order valence-corrected chi connectivity index (χ0v) is 34.6. The molecule has 0 unspecified atom stereocenters. The Labute approximate surface area is 317 Å². The second-order valence-corrected chi connectivity index (χ2v) is 22.4. The van der Waals surface area contributed by atoms with Crippen LogP contribution in [0.4, 0.5) is 0 Å². The fourth-order valence-corrected chi connectivity index (χ4v) is 15.9. The van der Waals surface area contributed by atoms with Gasteiger partial charge < -0.3 is 15.0 Å². The Hall–Kier alpha value is -1.44. The maximum absolute atomic E-state index is 12.3. The summed E-state index contributed by atoms with van der Waals surface area (Å²) in [6.45, 7) is 24.1. The predicted molar refractivity (Wildman–Crippen MR) is 213 cm³/mol. The van der Waals surface area contributed by atoms with Crippen LogP contribution in [0.15, 0.2) is 35.5 Å². The topological polar surface area (TPSA) is 75.7 Å². The molecule has 6 nitrogen and oxygen atoms in total. The molecule has 9 atom stereocenters. The van der Waals surface area contributed by atoms with Crippen LogP contribution >= 0.6 is 0 Å². The summed E-state index contributed by atoms with van der Waals surface area (Å²) in [5.74, 6) is 3.86. The first kappa shape index (κ1) is 38.8. The van der Waals surface area contributed by atoms with Crippen molar-refractivity contribution in [1.82, 2.24) is 10.2 Å². The molecule has 7 rings (SSSR count). The molecular weight excluding hydrogens is 665 g/mol. The summed E-state index contributed by atoms with van der Waals surface area (Å²) in [5, 5.41) is 4.24.